The predicted molar refractivity (Wildman–Crippen MR) is 95.2 cm³/mol. The van der Waals surface area contributed by atoms with Gasteiger partial charge in [-0.05, 0) is 24.1 Å². The maximum Gasteiger partial charge on any atom is 0.407 e. The number of carbonyl (C=O) groups excluding carboxylic acids is 1. The Balaban J connectivity index is 1.78. The minimum atomic E-state index is -1.01. The van der Waals surface area contributed by atoms with Gasteiger partial charge in [-0.3, -0.25) is 4.79 Å². The van der Waals surface area contributed by atoms with Gasteiger partial charge in [0.05, 0.1) is 12.1 Å². The first-order chi connectivity index (χ1) is 12.5. The summed E-state index contributed by atoms with van der Waals surface area (Å²) in [7, 11) is 0. The second-order valence-corrected chi connectivity index (χ2v) is 6.72. The Morgan fingerprint density at radius 3 is 2.85 bits per heavy atom. The van der Waals surface area contributed by atoms with Gasteiger partial charge in [0.25, 0.3) is 0 Å². The molecule has 0 unspecified atom stereocenters. The van der Waals surface area contributed by atoms with Crippen LogP contribution in [0.25, 0.3) is 6.08 Å². The van der Waals surface area contributed by atoms with Crippen molar-refractivity contribution in [1.82, 2.24) is 4.90 Å². The molecule has 0 spiro atoms. The summed E-state index contributed by atoms with van der Waals surface area (Å²) < 4.78 is 13.6. The van der Waals surface area contributed by atoms with E-state index < -0.39 is 17.8 Å². The summed E-state index contributed by atoms with van der Waals surface area (Å²) in [6.07, 6.45) is 1.97. The quantitative estimate of drug-likeness (QED) is 0.808. The Morgan fingerprint density at radius 2 is 2.15 bits per heavy atom. The first-order valence-electron chi connectivity index (χ1n) is 7.75. The second-order valence-electron chi connectivity index (χ2n) is 5.62. The van der Waals surface area contributed by atoms with E-state index in [1.807, 2.05) is 0 Å². The Hall–Kier alpha value is -3.18. The van der Waals surface area contributed by atoms with Crippen LogP contribution in [0.5, 0.6) is 0 Å². The Kier molecular flexibility index (Phi) is 5.00. The molecule has 2 amide bonds. The molecule has 1 aliphatic heterocycles. The van der Waals surface area contributed by atoms with Crippen molar-refractivity contribution in [2.75, 3.05) is 11.9 Å². The third-order valence-electron chi connectivity index (χ3n) is 4.00. The Labute approximate surface area is 152 Å². The fraction of sp³-hybridized carbons (Fsp3) is 0.167. The van der Waals surface area contributed by atoms with Crippen LogP contribution in [0.15, 0.2) is 30.3 Å². The molecule has 0 saturated carbocycles. The molecule has 0 aliphatic carbocycles. The number of benzene rings is 1. The molecule has 1 aromatic heterocycles. The summed E-state index contributed by atoms with van der Waals surface area (Å²) in [5.41, 5.74) is 1.43. The number of carbonyl (C=O) groups is 2. The van der Waals surface area contributed by atoms with Crippen molar-refractivity contribution in [3.05, 3.63) is 57.7 Å². The maximum atomic E-state index is 13.6. The van der Waals surface area contributed by atoms with Gasteiger partial charge in [-0.2, -0.15) is 5.26 Å². The average Bonchev–Trinajstić information content (AvgIpc) is 2.96. The van der Waals surface area contributed by atoms with Crippen molar-refractivity contribution in [1.29, 1.82) is 5.26 Å². The zero-order chi connectivity index (χ0) is 18.7. The highest BCUT2D eigenvalue weighted by atomic mass is 32.1. The molecule has 1 aliphatic rings. The second kappa shape index (κ2) is 7.37. The lowest BCUT2D eigenvalue weighted by Gasteiger charge is -2.23. The summed E-state index contributed by atoms with van der Waals surface area (Å²) in [6.45, 7) is 0.513. The number of rotatable bonds is 3. The first-order valence-corrected chi connectivity index (χ1v) is 8.57. The number of amides is 2. The number of hydrogen-bond acceptors (Lipinski definition) is 4. The molecule has 0 atom stereocenters. The van der Waals surface area contributed by atoms with Gasteiger partial charge in [0, 0.05) is 23.1 Å². The molecule has 2 heterocycles. The lowest BCUT2D eigenvalue weighted by Crippen LogP contribution is -2.34. The van der Waals surface area contributed by atoms with E-state index in [-0.39, 0.29) is 12.1 Å². The number of hydrogen-bond donors (Lipinski definition) is 2. The van der Waals surface area contributed by atoms with E-state index in [2.05, 4.69) is 11.4 Å². The largest absolute Gasteiger partial charge is 0.465 e. The van der Waals surface area contributed by atoms with Gasteiger partial charge in [-0.1, -0.05) is 18.2 Å². The third kappa shape index (κ3) is 3.58. The number of carboxylic acid groups (broad SMARTS) is 1. The summed E-state index contributed by atoms with van der Waals surface area (Å²) in [4.78, 5) is 25.3. The monoisotopic (exact) mass is 371 g/mol. The van der Waals surface area contributed by atoms with Crippen molar-refractivity contribution >= 4 is 34.4 Å². The van der Waals surface area contributed by atoms with Crippen molar-refractivity contribution < 1.29 is 19.1 Å². The van der Waals surface area contributed by atoms with E-state index in [1.54, 1.807) is 18.2 Å². The van der Waals surface area contributed by atoms with E-state index in [0.717, 1.165) is 10.4 Å². The molecule has 0 saturated heterocycles. The van der Waals surface area contributed by atoms with Gasteiger partial charge < -0.3 is 15.3 Å². The lowest BCUT2D eigenvalue weighted by atomic mass is 10.0. The molecular weight excluding hydrogens is 357 g/mol. The van der Waals surface area contributed by atoms with Crippen LogP contribution in [-0.4, -0.2) is 28.6 Å². The van der Waals surface area contributed by atoms with Crippen LogP contribution in [0, 0.1) is 17.1 Å². The molecule has 0 radical (unpaired) electrons. The van der Waals surface area contributed by atoms with E-state index in [9.17, 15) is 19.2 Å². The minimum absolute atomic E-state index is 0.199. The normalized spacial score (nSPS) is 13.3. The number of halogens is 1. The molecule has 0 bridgehead atoms. The number of nitrogens with zero attached hydrogens (tertiary/aromatic N) is 2. The van der Waals surface area contributed by atoms with Crippen molar-refractivity contribution in [2.24, 2.45) is 0 Å². The predicted octanol–water partition coefficient (Wildman–Crippen LogP) is 3.45. The molecule has 2 aromatic rings. The molecule has 3 rings (SSSR count). The van der Waals surface area contributed by atoms with Crippen molar-refractivity contribution in [3.8, 4) is 6.07 Å². The third-order valence-corrected chi connectivity index (χ3v) is 5.13. The zero-order valence-electron chi connectivity index (χ0n) is 13.5. The number of fused-ring (bicyclic) bond motifs is 1. The lowest BCUT2D eigenvalue weighted by molar-refractivity contribution is -0.111. The highest BCUT2D eigenvalue weighted by molar-refractivity contribution is 7.16. The van der Waals surface area contributed by atoms with Crippen LogP contribution < -0.4 is 5.32 Å². The smallest absolute Gasteiger partial charge is 0.407 e. The van der Waals surface area contributed by atoms with E-state index in [4.69, 9.17) is 5.11 Å². The van der Waals surface area contributed by atoms with Gasteiger partial charge in [-0.15, -0.1) is 11.3 Å². The SMILES string of the molecule is N#Cc1c(NC(=O)C=Cc2ccccc2F)sc2c1CCN(C(=O)O)C2. The zero-order valence-corrected chi connectivity index (χ0v) is 14.3. The molecule has 1 aromatic carbocycles. The van der Waals surface area contributed by atoms with Crippen LogP contribution in [0.2, 0.25) is 0 Å². The average molecular weight is 371 g/mol. The minimum Gasteiger partial charge on any atom is -0.465 e. The van der Waals surface area contributed by atoms with Crippen LogP contribution >= 0.6 is 11.3 Å². The molecular formula is C18H14FN3O3S. The van der Waals surface area contributed by atoms with E-state index in [0.29, 0.717) is 23.5 Å². The fourth-order valence-corrected chi connectivity index (χ4v) is 3.92. The summed E-state index contributed by atoms with van der Waals surface area (Å²) in [5.74, 6) is -0.923. The molecule has 8 heteroatoms. The Morgan fingerprint density at radius 1 is 1.38 bits per heavy atom. The highest BCUT2D eigenvalue weighted by Crippen LogP contribution is 2.36. The standard InChI is InChI=1S/C18H14FN3O3S/c19-14-4-2-1-3-11(14)5-6-16(23)21-17-13(9-20)12-7-8-22(18(24)25)10-15(12)26-17/h1-6H,7-8,10H2,(H,21,23)(H,24,25). The van der Waals surface area contributed by atoms with E-state index in [1.165, 1.54) is 34.5 Å². The van der Waals surface area contributed by atoms with Crippen molar-refractivity contribution in [3.63, 3.8) is 0 Å². The number of nitriles is 1. The van der Waals surface area contributed by atoms with Crippen LogP contribution in [0.4, 0.5) is 14.2 Å². The molecule has 6 nitrogen and oxygen atoms in total. The summed E-state index contributed by atoms with van der Waals surface area (Å²) in [5, 5.41) is 21.5. The van der Waals surface area contributed by atoms with Gasteiger partial charge in [0.1, 0.15) is 16.9 Å². The van der Waals surface area contributed by atoms with Gasteiger partial charge in [-0.25, -0.2) is 9.18 Å². The fourth-order valence-electron chi connectivity index (χ4n) is 2.70. The highest BCUT2D eigenvalue weighted by Gasteiger charge is 2.27. The number of thiophene rings is 1. The van der Waals surface area contributed by atoms with E-state index >= 15 is 0 Å². The molecule has 2 N–H and O–H groups in total. The topological polar surface area (TPSA) is 93.4 Å². The molecule has 26 heavy (non-hydrogen) atoms. The molecule has 0 fully saturated rings. The van der Waals surface area contributed by atoms with Crippen molar-refractivity contribution in [2.45, 2.75) is 13.0 Å². The van der Waals surface area contributed by atoms with Crippen LogP contribution in [0.1, 0.15) is 21.6 Å². The van der Waals surface area contributed by atoms with Gasteiger partial charge in [0.2, 0.25) is 5.91 Å². The Bertz CT molecular complexity index is 946. The summed E-state index contributed by atoms with van der Waals surface area (Å²) in [6, 6.07) is 8.15. The van der Waals surface area contributed by atoms with Gasteiger partial charge in [0.15, 0.2) is 0 Å². The summed E-state index contributed by atoms with van der Waals surface area (Å²) >= 11 is 1.19. The number of anilines is 1. The maximum absolute atomic E-state index is 13.6. The number of nitrogens with one attached hydrogen (secondary N) is 1. The molecule has 132 valence electrons. The van der Waals surface area contributed by atoms with Crippen LogP contribution in [-0.2, 0) is 17.8 Å². The van der Waals surface area contributed by atoms with Gasteiger partial charge >= 0.3 is 6.09 Å². The van der Waals surface area contributed by atoms with Crippen LogP contribution in [0.3, 0.4) is 0 Å². The first kappa shape index (κ1) is 17.6.